The molecule has 0 aromatic carbocycles. The summed E-state index contributed by atoms with van der Waals surface area (Å²) < 4.78 is 0. The summed E-state index contributed by atoms with van der Waals surface area (Å²) in [7, 11) is 0. The number of thioether (sulfide) groups is 1. The van der Waals surface area contributed by atoms with E-state index < -0.39 is 97.2 Å². The van der Waals surface area contributed by atoms with Crippen molar-refractivity contribution in [3.8, 4) is 0 Å². The number of carboxylic acid groups (broad SMARTS) is 2. The number of nitrogens with one attached hydrogen (secondary N) is 5. The smallest absolute Gasteiger partial charge is 0.326 e. The lowest BCUT2D eigenvalue weighted by molar-refractivity contribution is -0.143. The zero-order valence-electron chi connectivity index (χ0n) is 24.6. The van der Waals surface area contributed by atoms with Crippen LogP contribution in [0.25, 0.3) is 0 Å². The molecule has 0 aromatic rings. The van der Waals surface area contributed by atoms with Gasteiger partial charge in [-0.15, -0.1) is 0 Å². The minimum absolute atomic E-state index is 0.0303. The maximum atomic E-state index is 12.8. The first kappa shape index (κ1) is 39.5. The average Bonchev–Trinajstić information content (AvgIpc) is 2.94. The zero-order valence-corrected chi connectivity index (χ0v) is 25.4. The molecule has 0 heterocycles. The summed E-state index contributed by atoms with van der Waals surface area (Å²) in [5.74, 6) is -6.98. The molecule has 5 amide bonds. The third-order valence-electron chi connectivity index (χ3n) is 6.05. The Balaban J connectivity index is 5.22. The Labute approximate surface area is 254 Å². The van der Waals surface area contributed by atoms with Crippen molar-refractivity contribution < 1.29 is 48.9 Å². The van der Waals surface area contributed by atoms with Gasteiger partial charge in [-0.05, 0) is 50.2 Å². The number of carboxylic acids is 2. The Bertz CT molecular complexity index is 969. The van der Waals surface area contributed by atoms with Gasteiger partial charge in [-0.25, -0.2) is 4.79 Å². The topological polar surface area (TPSA) is 292 Å². The van der Waals surface area contributed by atoms with E-state index in [4.69, 9.17) is 16.6 Å². The maximum absolute atomic E-state index is 12.8. The number of carbonyl (C=O) groups is 7. The first-order chi connectivity index (χ1) is 20.2. The molecule has 0 saturated heterocycles. The van der Waals surface area contributed by atoms with Gasteiger partial charge in [-0.2, -0.15) is 11.8 Å². The second kappa shape index (κ2) is 21.2. The summed E-state index contributed by atoms with van der Waals surface area (Å²) in [5, 5.41) is 39.4. The third-order valence-corrected chi connectivity index (χ3v) is 6.69. The van der Waals surface area contributed by atoms with E-state index in [9.17, 15) is 43.8 Å². The molecule has 246 valence electrons. The molecule has 18 heteroatoms. The highest BCUT2D eigenvalue weighted by Crippen LogP contribution is 2.06. The summed E-state index contributed by atoms with van der Waals surface area (Å²) in [6.45, 7) is 1.97. The van der Waals surface area contributed by atoms with Gasteiger partial charge in [0.25, 0.3) is 0 Å². The molecule has 5 atom stereocenters. The Kier molecular flexibility index (Phi) is 19.5. The molecule has 0 unspecified atom stereocenters. The first-order valence-corrected chi connectivity index (χ1v) is 15.1. The highest BCUT2D eigenvalue weighted by Gasteiger charge is 2.31. The summed E-state index contributed by atoms with van der Waals surface area (Å²) >= 11 is 1.50. The zero-order chi connectivity index (χ0) is 33.1. The molecule has 0 aliphatic heterocycles. The van der Waals surface area contributed by atoms with Crippen LogP contribution in [0.15, 0.2) is 0 Å². The molecule has 17 nitrogen and oxygen atoms in total. The monoisotopic (exact) mass is 635 g/mol. The Morgan fingerprint density at radius 1 is 0.791 bits per heavy atom. The molecule has 0 radical (unpaired) electrons. The van der Waals surface area contributed by atoms with E-state index in [-0.39, 0.29) is 6.42 Å². The largest absolute Gasteiger partial charge is 0.481 e. The highest BCUT2D eigenvalue weighted by atomic mass is 32.2. The number of aliphatic hydroxyl groups is 1. The van der Waals surface area contributed by atoms with Crippen molar-refractivity contribution in [2.75, 3.05) is 31.7 Å². The van der Waals surface area contributed by atoms with Crippen LogP contribution >= 0.6 is 11.8 Å². The van der Waals surface area contributed by atoms with E-state index >= 15 is 0 Å². The molecular weight excluding hydrogens is 590 g/mol. The lowest BCUT2D eigenvalue weighted by Crippen LogP contribution is -2.59. The second-order valence-electron chi connectivity index (χ2n) is 9.98. The molecule has 0 spiro atoms. The van der Waals surface area contributed by atoms with Crippen molar-refractivity contribution in [2.45, 2.75) is 76.2 Å². The van der Waals surface area contributed by atoms with Crippen LogP contribution in [0.5, 0.6) is 0 Å². The standard InChI is InChI=1S/C25H45N7O10S/c1-13(2)20(32-21(37)14(27)7-9-43-3)24(40)31-17(12-33)22(38)28-11-18(34)29-16(10-19(35)36)23(39)30-15(25(41)42)6-4-5-8-26/h13-17,20,33H,4-12,26-27H2,1-3H3,(H,28,38)(H,29,34)(H,30,39)(H,31,40)(H,32,37)(H,35,36)(H,41,42)/t14-,15-,16-,17-,20-/m0/s1. The number of aliphatic hydroxyl groups excluding tert-OH is 1. The lowest BCUT2D eigenvalue weighted by Gasteiger charge is -2.25. The normalized spacial score (nSPS) is 14.4. The summed E-state index contributed by atoms with van der Waals surface area (Å²) in [4.78, 5) is 85.5. The van der Waals surface area contributed by atoms with Crippen LogP contribution in [-0.4, -0.2) is 119 Å². The van der Waals surface area contributed by atoms with Crippen molar-refractivity contribution in [1.82, 2.24) is 26.6 Å². The number of carbonyl (C=O) groups excluding carboxylic acids is 5. The molecule has 43 heavy (non-hydrogen) atoms. The van der Waals surface area contributed by atoms with Crippen LogP contribution in [0.3, 0.4) is 0 Å². The van der Waals surface area contributed by atoms with Gasteiger partial charge in [0.15, 0.2) is 0 Å². The molecule has 0 bridgehead atoms. The van der Waals surface area contributed by atoms with Crippen LogP contribution in [0.2, 0.25) is 0 Å². The van der Waals surface area contributed by atoms with Crippen LogP contribution in [0.1, 0.15) is 46.0 Å². The lowest BCUT2D eigenvalue weighted by atomic mass is 10.0. The van der Waals surface area contributed by atoms with Gasteiger partial charge >= 0.3 is 11.9 Å². The third kappa shape index (κ3) is 16.1. The van der Waals surface area contributed by atoms with Crippen LogP contribution in [0.4, 0.5) is 0 Å². The van der Waals surface area contributed by atoms with Gasteiger partial charge in [0.05, 0.1) is 25.6 Å². The molecular formula is C25H45N7O10S. The van der Waals surface area contributed by atoms with E-state index in [0.717, 1.165) is 0 Å². The maximum Gasteiger partial charge on any atom is 0.326 e. The Hall–Kier alpha value is -3.48. The van der Waals surface area contributed by atoms with E-state index in [1.54, 1.807) is 13.8 Å². The number of unbranched alkanes of at least 4 members (excludes halogenated alkanes) is 1. The van der Waals surface area contributed by atoms with Gasteiger partial charge in [0.1, 0.15) is 24.2 Å². The predicted octanol–water partition coefficient (Wildman–Crippen LogP) is -3.54. The summed E-state index contributed by atoms with van der Waals surface area (Å²) in [6.07, 6.45) is 2.28. The fraction of sp³-hybridized carbons (Fsp3) is 0.720. The van der Waals surface area contributed by atoms with E-state index in [1.165, 1.54) is 11.8 Å². The van der Waals surface area contributed by atoms with Gasteiger partial charge in [-0.1, -0.05) is 13.8 Å². The van der Waals surface area contributed by atoms with Crippen LogP contribution < -0.4 is 38.1 Å². The molecule has 0 saturated carbocycles. The van der Waals surface area contributed by atoms with Crippen LogP contribution in [0, 0.1) is 5.92 Å². The molecule has 0 fully saturated rings. The van der Waals surface area contributed by atoms with Crippen LogP contribution in [-0.2, 0) is 33.6 Å². The van der Waals surface area contributed by atoms with Crippen molar-refractivity contribution in [2.24, 2.45) is 17.4 Å². The SMILES string of the molecule is CSCC[C@H](N)C(=O)N[C@H](C(=O)N[C@@H](CO)C(=O)NCC(=O)N[C@@H](CC(=O)O)C(=O)N[C@@H](CCCCN)C(=O)O)C(C)C. The number of aliphatic carboxylic acids is 2. The minimum Gasteiger partial charge on any atom is -0.481 e. The van der Waals surface area contributed by atoms with Crippen molar-refractivity contribution in [3.05, 3.63) is 0 Å². The van der Waals surface area contributed by atoms with E-state index in [0.29, 0.717) is 31.6 Å². The van der Waals surface area contributed by atoms with Crippen molar-refractivity contribution in [1.29, 1.82) is 0 Å². The summed E-state index contributed by atoms with van der Waals surface area (Å²) in [6, 6.07) is -6.46. The minimum atomic E-state index is -1.66. The molecule has 0 aliphatic rings. The Morgan fingerprint density at radius 3 is 1.93 bits per heavy atom. The predicted molar refractivity (Wildman–Crippen MR) is 156 cm³/mol. The fourth-order valence-corrected chi connectivity index (χ4v) is 4.06. The molecule has 12 N–H and O–H groups in total. The quantitative estimate of drug-likeness (QED) is 0.0516. The fourth-order valence-electron chi connectivity index (χ4n) is 3.57. The molecule has 0 aliphatic carbocycles. The Morgan fingerprint density at radius 2 is 1.42 bits per heavy atom. The number of amides is 5. The van der Waals surface area contributed by atoms with Crippen molar-refractivity contribution in [3.63, 3.8) is 0 Å². The summed E-state index contributed by atoms with van der Waals surface area (Å²) in [5.41, 5.74) is 11.2. The van der Waals surface area contributed by atoms with E-state index in [2.05, 4.69) is 26.6 Å². The van der Waals surface area contributed by atoms with Gasteiger partial charge in [0.2, 0.25) is 29.5 Å². The first-order valence-electron chi connectivity index (χ1n) is 13.7. The van der Waals surface area contributed by atoms with Crippen molar-refractivity contribution >= 4 is 53.2 Å². The second-order valence-corrected chi connectivity index (χ2v) is 11.0. The molecule has 0 aromatic heterocycles. The van der Waals surface area contributed by atoms with Gasteiger partial charge < -0.3 is 53.4 Å². The number of nitrogens with two attached hydrogens (primary N) is 2. The molecule has 0 rings (SSSR count). The average molecular weight is 636 g/mol. The van der Waals surface area contributed by atoms with Gasteiger partial charge in [0, 0.05) is 0 Å². The number of hydrogen-bond donors (Lipinski definition) is 10. The van der Waals surface area contributed by atoms with E-state index in [1.807, 2.05) is 6.26 Å². The number of hydrogen-bond acceptors (Lipinski definition) is 11. The van der Waals surface area contributed by atoms with Gasteiger partial charge in [-0.3, -0.25) is 28.8 Å². The number of rotatable bonds is 22. The highest BCUT2D eigenvalue weighted by molar-refractivity contribution is 7.98.